The average molecular weight is 508 g/mol. The van der Waals surface area contributed by atoms with Crippen molar-refractivity contribution in [2.24, 2.45) is 5.10 Å². The molecule has 33 heavy (non-hydrogen) atoms. The number of rotatable bonds is 7. The van der Waals surface area contributed by atoms with Gasteiger partial charge in [0, 0.05) is 16.5 Å². The van der Waals surface area contributed by atoms with E-state index in [4.69, 9.17) is 4.42 Å². The first-order valence-electron chi connectivity index (χ1n) is 10.6. The zero-order valence-electron chi connectivity index (χ0n) is 18.2. The number of hydrogen-bond acceptors (Lipinski definition) is 5. The number of aromatic carboxylic acids is 1. The van der Waals surface area contributed by atoms with E-state index in [9.17, 15) is 14.7 Å². The Labute approximate surface area is 198 Å². The van der Waals surface area contributed by atoms with Gasteiger partial charge in [-0.2, -0.15) is 9.78 Å². The van der Waals surface area contributed by atoms with E-state index in [-0.39, 0.29) is 11.1 Å². The molecule has 0 amide bonds. The number of carboxylic acids is 1. The molecule has 0 aliphatic heterocycles. The molecule has 8 heteroatoms. The van der Waals surface area contributed by atoms with Crippen LogP contribution in [0, 0.1) is 6.92 Å². The molecule has 0 radical (unpaired) electrons. The maximum absolute atomic E-state index is 13.2. The number of hydrogen-bond donors (Lipinski definition) is 1. The fraction of sp³-hybridized carbons (Fsp3) is 0.200. The third kappa shape index (κ3) is 4.66. The molecule has 0 bridgehead atoms. The SMILES string of the molecule is CCCCc1nc2ccc(Br)cc2c(=O)n1N=Cc1ccc(-c2cccc(C(=O)O)c2C)o1. The molecule has 4 aromatic rings. The van der Waals surface area contributed by atoms with Crippen molar-refractivity contribution >= 4 is 39.0 Å². The minimum absolute atomic E-state index is 0.222. The van der Waals surface area contributed by atoms with E-state index in [1.54, 1.807) is 43.3 Å². The predicted molar refractivity (Wildman–Crippen MR) is 131 cm³/mol. The Morgan fingerprint density at radius 3 is 2.82 bits per heavy atom. The topological polar surface area (TPSA) is 97.7 Å². The van der Waals surface area contributed by atoms with E-state index in [0.29, 0.717) is 45.8 Å². The minimum atomic E-state index is -0.989. The van der Waals surface area contributed by atoms with Crippen LogP contribution in [-0.2, 0) is 6.42 Å². The second-order valence-electron chi connectivity index (χ2n) is 7.64. The number of aromatic nitrogens is 2. The van der Waals surface area contributed by atoms with Crippen LogP contribution in [0.2, 0.25) is 0 Å². The van der Waals surface area contributed by atoms with Crippen LogP contribution in [0.3, 0.4) is 0 Å². The molecule has 2 aromatic heterocycles. The zero-order valence-corrected chi connectivity index (χ0v) is 19.8. The summed E-state index contributed by atoms with van der Waals surface area (Å²) >= 11 is 3.41. The van der Waals surface area contributed by atoms with Crippen molar-refractivity contribution < 1.29 is 14.3 Å². The number of halogens is 1. The molecule has 1 N–H and O–H groups in total. The monoisotopic (exact) mass is 507 g/mol. The Hall–Kier alpha value is -3.52. The highest BCUT2D eigenvalue weighted by atomic mass is 79.9. The van der Waals surface area contributed by atoms with E-state index in [1.165, 1.54) is 10.9 Å². The highest BCUT2D eigenvalue weighted by Crippen LogP contribution is 2.27. The molecule has 0 saturated carbocycles. The number of furan rings is 1. The molecule has 2 heterocycles. The first-order valence-corrected chi connectivity index (χ1v) is 11.4. The molecule has 2 aromatic carbocycles. The molecule has 0 unspecified atom stereocenters. The Kier molecular flexibility index (Phi) is 6.55. The van der Waals surface area contributed by atoms with Gasteiger partial charge in [0.05, 0.1) is 22.7 Å². The standard InChI is InChI=1S/C25H22BrN3O4/c1-3-4-8-23-28-21-11-9-16(26)13-20(21)24(30)29(23)27-14-17-10-12-22(33-17)18-6-5-7-19(15(18)2)25(31)32/h5-7,9-14H,3-4,8H2,1-2H3,(H,31,32). The third-order valence-electron chi connectivity index (χ3n) is 5.39. The van der Waals surface area contributed by atoms with Gasteiger partial charge in [-0.1, -0.05) is 41.4 Å². The Morgan fingerprint density at radius 1 is 1.24 bits per heavy atom. The number of carboxylic acid groups (broad SMARTS) is 1. The van der Waals surface area contributed by atoms with E-state index in [0.717, 1.165) is 17.3 Å². The predicted octanol–water partition coefficient (Wildman–Crippen LogP) is 5.65. The lowest BCUT2D eigenvalue weighted by atomic mass is 10.0. The fourth-order valence-corrected chi connectivity index (χ4v) is 3.99. The van der Waals surface area contributed by atoms with Crippen molar-refractivity contribution in [1.82, 2.24) is 9.66 Å². The molecular weight excluding hydrogens is 486 g/mol. The Morgan fingerprint density at radius 2 is 2.06 bits per heavy atom. The lowest BCUT2D eigenvalue weighted by Gasteiger charge is -2.09. The molecule has 168 valence electrons. The summed E-state index contributed by atoms with van der Waals surface area (Å²) in [6.07, 6.45) is 3.95. The average Bonchev–Trinajstić information content (AvgIpc) is 3.26. The van der Waals surface area contributed by atoms with Gasteiger partial charge in [0.15, 0.2) is 0 Å². The molecule has 0 fully saturated rings. The number of benzene rings is 2. The number of nitrogens with zero attached hydrogens (tertiary/aromatic N) is 3. The van der Waals surface area contributed by atoms with Crippen molar-refractivity contribution in [2.45, 2.75) is 33.1 Å². The van der Waals surface area contributed by atoms with Crippen LogP contribution in [0.4, 0.5) is 0 Å². The lowest BCUT2D eigenvalue weighted by molar-refractivity contribution is 0.0696. The fourth-order valence-electron chi connectivity index (χ4n) is 3.63. The molecule has 0 saturated heterocycles. The molecule has 0 spiro atoms. The van der Waals surface area contributed by atoms with Crippen LogP contribution in [0.1, 0.15) is 47.3 Å². The van der Waals surface area contributed by atoms with Gasteiger partial charge in [-0.3, -0.25) is 4.79 Å². The number of carbonyl (C=O) groups is 1. The Balaban J connectivity index is 1.73. The van der Waals surface area contributed by atoms with Gasteiger partial charge < -0.3 is 9.52 Å². The Bertz CT molecular complexity index is 1440. The quantitative estimate of drug-likeness (QED) is 0.326. The smallest absolute Gasteiger partial charge is 0.335 e. The minimum Gasteiger partial charge on any atom is -0.478 e. The molecule has 4 rings (SSSR count). The number of unbranched alkanes of at least 4 members (excludes halogenated alkanes) is 1. The van der Waals surface area contributed by atoms with Gasteiger partial charge in [0.1, 0.15) is 17.3 Å². The van der Waals surface area contributed by atoms with Gasteiger partial charge in [-0.25, -0.2) is 9.78 Å². The van der Waals surface area contributed by atoms with Gasteiger partial charge in [-0.05, 0) is 55.3 Å². The van der Waals surface area contributed by atoms with E-state index >= 15 is 0 Å². The summed E-state index contributed by atoms with van der Waals surface area (Å²) in [6, 6.07) is 13.9. The number of aryl methyl sites for hydroxylation is 1. The van der Waals surface area contributed by atoms with Crippen molar-refractivity contribution in [3.8, 4) is 11.3 Å². The van der Waals surface area contributed by atoms with Crippen LogP contribution in [0.15, 0.2) is 67.3 Å². The first-order chi connectivity index (χ1) is 15.9. The molecule has 0 aliphatic rings. The lowest BCUT2D eigenvalue weighted by Crippen LogP contribution is -2.22. The second-order valence-corrected chi connectivity index (χ2v) is 8.56. The molecule has 0 aliphatic carbocycles. The van der Waals surface area contributed by atoms with Crippen molar-refractivity contribution in [3.05, 3.63) is 86.1 Å². The maximum Gasteiger partial charge on any atom is 0.335 e. The molecular formula is C25H22BrN3O4. The number of fused-ring (bicyclic) bond motifs is 1. The van der Waals surface area contributed by atoms with Crippen LogP contribution in [-0.4, -0.2) is 27.0 Å². The van der Waals surface area contributed by atoms with Crippen LogP contribution in [0.25, 0.3) is 22.2 Å². The first kappa shape index (κ1) is 22.7. The van der Waals surface area contributed by atoms with Crippen molar-refractivity contribution in [3.63, 3.8) is 0 Å². The van der Waals surface area contributed by atoms with Crippen molar-refractivity contribution in [2.75, 3.05) is 0 Å². The van der Waals surface area contributed by atoms with Crippen molar-refractivity contribution in [1.29, 1.82) is 0 Å². The summed E-state index contributed by atoms with van der Waals surface area (Å²) in [5, 5.41) is 14.2. The summed E-state index contributed by atoms with van der Waals surface area (Å²) < 4.78 is 8.00. The maximum atomic E-state index is 13.2. The van der Waals surface area contributed by atoms with E-state index < -0.39 is 5.97 Å². The van der Waals surface area contributed by atoms with Gasteiger partial charge >= 0.3 is 5.97 Å². The summed E-state index contributed by atoms with van der Waals surface area (Å²) in [4.78, 5) is 29.3. The van der Waals surface area contributed by atoms with Crippen LogP contribution < -0.4 is 5.56 Å². The summed E-state index contributed by atoms with van der Waals surface area (Å²) in [7, 11) is 0. The molecule has 0 atom stereocenters. The summed E-state index contributed by atoms with van der Waals surface area (Å²) in [6.45, 7) is 3.82. The summed E-state index contributed by atoms with van der Waals surface area (Å²) in [5.74, 6) is 0.561. The highest BCUT2D eigenvalue weighted by Gasteiger charge is 2.14. The van der Waals surface area contributed by atoms with Gasteiger partial charge in [0.2, 0.25) is 0 Å². The van der Waals surface area contributed by atoms with Crippen LogP contribution in [0.5, 0.6) is 0 Å². The summed E-state index contributed by atoms with van der Waals surface area (Å²) in [5.41, 5.74) is 1.91. The second kappa shape index (κ2) is 9.54. The largest absolute Gasteiger partial charge is 0.478 e. The van der Waals surface area contributed by atoms with Gasteiger partial charge in [-0.15, -0.1) is 0 Å². The van der Waals surface area contributed by atoms with E-state index in [1.807, 2.05) is 12.1 Å². The molecule has 7 nitrogen and oxygen atoms in total. The zero-order chi connectivity index (χ0) is 23.5. The normalized spacial score (nSPS) is 11.5. The highest BCUT2D eigenvalue weighted by molar-refractivity contribution is 9.10. The van der Waals surface area contributed by atoms with Gasteiger partial charge in [0.25, 0.3) is 5.56 Å². The van der Waals surface area contributed by atoms with Crippen LogP contribution >= 0.6 is 15.9 Å². The van der Waals surface area contributed by atoms with E-state index in [2.05, 4.69) is 32.9 Å². The third-order valence-corrected chi connectivity index (χ3v) is 5.88.